The van der Waals surface area contributed by atoms with Crippen molar-refractivity contribution in [3.8, 4) is 5.75 Å². The standard InChI is InChI=1S/C23H36N2O3/c1-18-5-11-21(12-6-18)27-17-19-7-9-20(10-8-19)24-13-15-25(16-14-24)22(26)28-23(2,3)4/h5-6,11-12,19-20H,7-10,13-17H2,1-4H3. The van der Waals surface area contributed by atoms with Gasteiger partial charge in [-0.15, -0.1) is 0 Å². The fraction of sp³-hybridized carbons (Fsp3) is 0.696. The van der Waals surface area contributed by atoms with Crippen LogP contribution < -0.4 is 4.74 Å². The first-order valence-corrected chi connectivity index (χ1v) is 10.7. The molecule has 1 saturated carbocycles. The van der Waals surface area contributed by atoms with Crippen LogP contribution in [0.3, 0.4) is 0 Å². The number of rotatable bonds is 4. The first kappa shape index (κ1) is 21.0. The quantitative estimate of drug-likeness (QED) is 0.762. The van der Waals surface area contributed by atoms with Gasteiger partial charge in [0.15, 0.2) is 0 Å². The summed E-state index contributed by atoms with van der Waals surface area (Å²) in [6.45, 7) is 12.1. The highest BCUT2D eigenvalue weighted by atomic mass is 16.6. The lowest BCUT2D eigenvalue weighted by atomic mass is 9.85. The number of hydrogen-bond acceptors (Lipinski definition) is 4. The normalized spacial score (nSPS) is 24.1. The smallest absolute Gasteiger partial charge is 0.410 e. The molecule has 1 saturated heterocycles. The van der Waals surface area contributed by atoms with E-state index in [1.54, 1.807) is 0 Å². The third-order valence-corrected chi connectivity index (χ3v) is 5.81. The van der Waals surface area contributed by atoms with Crippen molar-refractivity contribution in [3.63, 3.8) is 0 Å². The number of nitrogens with zero attached hydrogens (tertiary/aromatic N) is 2. The molecule has 28 heavy (non-hydrogen) atoms. The van der Waals surface area contributed by atoms with Crippen molar-refractivity contribution < 1.29 is 14.3 Å². The molecule has 0 atom stereocenters. The SMILES string of the molecule is Cc1ccc(OCC2CCC(N3CCN(C(=O)OC(C)(C)C)CC3)CC2)cc1. The second-order valence-corrected chi connectivity index (χ2v) is 9.30. The number of piperazine rings is 1. The monoisotopic (exact) mass is 388 g/mol. The van der Waals surface area contributed by atoms with Gasteiger partial charge in [-0.3, -0.25) is 4.90 Å². The Morgan fingerprint density at radius 2 is 1.61 bits per heavy atom. The summed E-state index contributed by atoms with van der Waals surface area (Å²) in [6.07, 6.45) is 4.73. The molecule has 2 aliphatic rings. The molecule has 5 nitrogen and oxygen atoms in total. The fourth-order valence-electron chi connectivity index (χ4n) is 4.12. The molecular weight excluding hydrogens is 352 g/mol. The highest BCUT2D eigenvalue weighted by Crippen LogP contribution is 2.29. The van der Waals surface area contributed by atoms with Gasteiger partial charge in [0, 0.05) is 32.2 Å². The Morgan fingerprint density at radius 3 is 2.18 bits per heavy atom. The minimum absolute atomic E-state index is 0.177. The van der Waals surface area contributed by atoms with Crippen molar-refractivity contribution in [1.29, 1.82) is 0 Å². The molecular formula is C23H36N2O3. The van der Waals surface area contributed by atoms with Gasteiger partial charge in [-0.2, -0.15) is 0 Å². The van der Waals surface area contributed by atoms with E-state index in [0.717, 1.165) is 38.5 Å². The van der Waals surface area contributed by atoms with Crippen LogP contribution in [0.25, 0.3) is 0 Å². The van der Waals surface area contributed by atoms with Crippen molar-refractivity contribution in [2.24, 2.45) is 5.92 Å². The molecule has 0 bridgehead atoms. The molecule has 0 radical (unpaired) electrons. The van der Waals surface area contributed by atoms with Crippen LogP contribution >= 0.6 is 0 Å². The Labute approximate surface area is 170 Å². The summed E-state index contributed by atoms with van der Waals surface area (Å²) < 4.78 is 11.5. The third-order valence-electron chi connectivity index (χ3n) is 5.81. The van der Waals surface area contributed by atoms with Gasteiger partial charge in [0.05, 0.1) is 6.61 Å². The number of amides is 1. The van der Waals surface area contributed by atoms with E-state index in [4.69, 9.17) is 9.47 Å². The Bertz CT molecular complexity index is 622. The highest BCUT2D eigenvalue weighted by molar-refractivity contribution is 5.68. The number of benzene rings is 1. The molecule has 1 aromatic carbocycles. The van der Waals surface area contributed by atoms with E-state index >= 15 is 0 Å². The first-order valence-electron chi connectivity index (χ1n) is 10.7. The van der Waals surface area contributed by atoms with E-state index < -0.39 is 5.60 Å². The molecule has 5 heteroatoms. The van der Waals surface area contributed by atoms with E-state index in [9.17, 15) is 4.79 Å². The van der Waals surface area contributed by atoms with E-state index in [2.05, 4.69) is 36.1 Å². The van der Waals surface area contributed by atoms with Gasteiger partial charge in [-0.05, 0) is 71.4 Å². The van der Waals surface area contributed by atoms with Crippen LogP contribution in [0, 0.1) is 12.8 Å². The van der Waals surface area contributed by atoms with Gasteiger partial charge in [-0.25, -0.2) is 4.79 Å². The molecule has 2 fully saturated rings. The van der Waals surface area contributed by atoms with Crippen LogP contribution in [0.5, 0.6) is 5.75 Å². The van der Waals surface area contributed by atoms with Gasteiger partial charge in [0.25, 0.3) is 0 Å². The Hall–Kier alpha value is -1.75. The Morgan fingerprint density at radius 1 is 1.00 bits per heavy atom. The van der Waals surface area contributed by atoms with E-state index in [0.29, 0.717) is 12.0 Å². The van der Waals surface area contributed by atoms with Crippen LogP contribution in [0.4, 0.5) is 4.79 Å². The molecule has 1 amide bonds. The van der Waals surface area contributed by atoms with Crippen molar-refractivity contribution in [2.45, 2.75) is 65.0 Å². The van der Waals surface area contributed by atoms with Crippen LogP contribution in [0.1, 0.15) is 52.0 Å². The molecule has 0 spiro atoms. The highest BCUT2D eigenvalue weighted by Gasteiger charge is 2.31. The van der Waals surface area contributed by atoms with E-state index in [1.807, 2.05) is 25.7 Å². The largest absolute Gasteiger partial charge is 0.493 e. The van der Waals surface area contributed by atoms with Crippen molar-refractivity contribution >= 4 is 6.09 Å². The number of hydrogen-bond donors (Lipinski definition) is 0. The molecule has 1 aromatic rings. The molecule has 0 aromatic heterocycles. The number of aryl methyl sites for hydroxylation is 1. The topological polar surface area (TPSA) is 42.0 Å². The lowest BCUT2D eigenvalue weighted by Crippen LogP contribution is -2.53. The average molecular weight is 389 g/mol. The summed E-state index contributed by atoms with van der Waals surface area (Å²) >= 11 is 0. The molecule has 0 unspecified atom stereocenters. The molecule has 0 N–H and O–H groups in total. The van der Waals surface area contributed by atoms with Gasteiger partial charge in [-0.1, -0.05) is 17.7 Å². The Kier molecular flexibility index (Phi) is 6.86. The average Bonchev–Trinajstić information content (AvgIpc) is 2.67. The van der Waals surface area contributed by atoms with Crippen LogP contribution in [0.15, 0.2) is 24.3 Å². The van der Waals surface area contributed by atoms with Crippen LogP contribution in [0.2, 0.25) is 0 Å². The van der Waals surface area contributed by atoms with Gasteiger partial charge >= 0.3 is 6.09 Å². The van der Waals surface area contributed by atoms with Crippen LogP contribution in [-0.4, -0.2) is 60.3 Å². The summed E-state index contributed by atoms with van der Waals surface area (Å²) in [7, 11) is 0. The second-order valence-electron chi connectivity index (χ2n) is 9.30. The zero-order chi connectivity index (χ0) is 20.1. The van der Waals surface area contributed by atoms with Crippen LogP contribution in [-0.2, 0) is 4.74 Å². The number of ether oxygens (including phenoxy) is 2. The minimum Gasteiger partial charge on any atom is -0.493 e. The van der Waals surface area contributed by atoms with Crippen molar-refractivity contribution in [2.75, 3.05) is 32.8 Å². The molecule has 3 rings (SSSR count). The van der Waals surface area contributed by atoms with Crippen molar-refractivity contribution in [3.05, 3.63) is 29.8 Å². The third kappa shape index (κ3) is 6.13. The number of carbonyl (C=O) groups is 1. The summed E-state index contributed by atoms with van der Waals surface area (Å²) in [5, 5.41) is 0. The molecule has 1 aliphatic carbocycles. The maximum atomic E-state index is 12.2. The van der Waals surface area contributed by atoms with Crippen molar-refractivity contribution in [1.82, 2.24) is 9.80 Å². The van der Waals surface area contributed by atoms with E-state index in [1.165, 1.54) is 31.2 Å². The molecule has 1 aliphatic heterocycles. The maximum Gasteiger partial charge on any atom is 0.410 e. The Balaban J connectivity index is 1.36. The lowest BCUT2D eigenvalue weighted by Gasteiger charge is -2.42. The zero-order valence-corrected chi connectivity index (χ0v) is 17.9. The summed E-state index contributed by atoms with van der Waals surface area (Å²) in [4.78, 5) is 16.6. The fourth-order valence-corrected chi connectivity index (χ4v) is 4.12. The minimum atomic E-state index is -0.423. The van der Waals surface area contributed by atoms with E-state index in [-0.39, 0.29) is 6.09 Å². The molecule has 1 heterocycles. The second kappa shape index (κ2) is 9.17. The van der Waals surface area contributed by atoms with Gasteiger partial charge in [0.1, 0.15) is 11.4 Å². The van der Waals surface area contributed by atoms with Gasteiger partial charge < -0.3 is 14.4 Å². The maximum absolute atomic E-state index is 12.2. The lowest BCUT2D eigenvalue weighted by molar-refractivity contribution is 0.00654. The zero-order valence-electron chi connectivity index (χ0n) is 17.9. The summed E-state index contributed by atoms with van der Waals surface area (Å²) in [6, 6.07) is 8.97. The summed E-state index contributed by atoms with van der Waals surface area (Å²) in [5.74, 6) is 1.63. The predicted octanol–water partition coefficient (Wildman–Crippen LogP) is 4.49. The summed E-state index contributed by atoms with van der Waals surface area (Å²) in [5.41, 5.74) is 0.840. The molecule has 156 valence electrons. The first-order chi connectivity index (χ1) is 13.3. The predicted molar refractivity (Wildman–Crippen MR) is 112 cm³/mol. The van der Waals surface area contributed by atoms with Gasteiger partial charge in [0.2, 0.25) is 0 Å². The number of carbonyl (C=O) groups excluding carboxylic acids is 1.